The van der Waals surface area contributed by atoms with Crippen LogP contribution in [-0.2, 0) is 14.3 Å². The molecule has 2 aliphatic rings. The van der Waals surface area contributed by atoms with Crippen LogP contribution < -0.4 is 4.90 Å². The molecule has 2 fully saturated rings. The summed E-state index contributed by atoms with van der Waals surface area (Å²) in [7, 11) is 0. The Morgan fingerprint density at radius 1 is 1.09 bits per heavy atom. The minimum Gasteiger partial charge on any atom is -0.466 e. The van der Waals surface area contributed by atoms with Crippen LogP contribution in [-0.4, -0.2) is 64.7 Å². The van der Waals surface area contributed by atoms with E-state index in [4.69, 9.17) is 9.26 Å². The summed E-state index contributed by atoms with van der Waals surface area (Å²) in [5.74, 6) is -0.306. The van der Waals surface area contributed by atoms with E-state index < -0.39 is 0 Å². The van der Waals surface area contributed by atoms with E-state index in [1.165, 1.54) is 18.5 Å². The molecule has 5 rings (SSSR count). The number of aromatic nitrogens is 3. The van der Waals surface area contributed by atoms with Crippen LogP contribution in [0.25, 0.3) is 22.4 Å². The van der Waals surface area contributed by atoms with Gasteiger partial charge in [0.15, 0.2) is 0 Å². The molecule has 35 heavy (non-hydrogen) atoms. The average molecular weight is 482 g/mol. The first-order valence-corrected chi connectivity index (χ1v) is 12.1. The van der Waals surface area contributed by atoms with Gasteiger partial charge in [0.2, 0.25) is 5.91 Å². The Balaban J connectivity index is 1.37. The molecule has 0 saturated carbocycles. The summed E-state index contributed by atoms with van der Waals surface area (Å²) in [4.78, 5) is 38.3. The number of carbonyl (C=O) groups excluding carboxylic acids is 2. The highest BCUT2D eigenvalue weighted by Crippen LogP contribution is 2.35. The third-order valence-electron chi connectivity index (χ3n) is 6.79. The van der Waals surface area contributed by atoms with E-state index in [1.807, 2.05) is 4.90 Å². The van der Waals surface area contributed by atoms with Crippen LogP contribution in [0.3, 0.4) is 0 Å². The number of anilines is 1. The second-order valence-electron chi connectivity index (χ2n) is 9.08. The minimum absolute atomic E-state index is 0.0677. The van der Waals surface area contributed by atoms with Crippen molar-refractivity contribution in [2.24, 2.45) is 11.8 Å². The average Bonchev–Trinajstić information content (AvgIpc) is 3.33. The van der Waals surface area contributed by atoms with Crippen molar-refractivity contribution in [3.8, 4) is 11.3 Å². The first-order valence-electron chi connectivity index (χ1n) is 12.1. The molecule has 0 spiro atoms. The molecule has 0 radical (unpaired) electrons. The second-order valence-corrected chi connectivity index (χ2v) is 9.08. The molecular formula is C25H28FN5O4. The lowest BCUT2D eigenvalue weighted by Crippen LogP contribution is -2.49. The summed E-state index contributed by atoms with van der Waals surface area (Å²) in [6.45, 7) is 4.43. The van der Waals surface area contributed by atoms with Crippen molar-refractivity contribution in [1.82, 2.24) is 20.0 Å². The number of hydrogen-bond acceptors (Lipinski definition) is 8. The van der Waals surface area contributed by atoms with Crippen molar-refractivity contribution in [2.45, 2.75) is 32.6 Å². The summed E-state index contributed by atoms with van der Waals surface area (Å²) in [5, 5.41) is 4.82. The van der Waals surface area contributed by atoms with Crippen LogP contribution in [0.1, 0.15) is 32.6 Å². The van der Waals surface area contributed by atoms with Gasteiger partial charge in [-0.3, -0.25) is 9.59 Å². The van der Waals surface area contributed by atoms with E-state index in [0.717, 1.165) is 32.2 Å². The topological polar surface area (TPSA) is 102 Å². The van der Waals surface area contributed by atoms with Crippen LogP contribution in [0.15, 0.2) is 35.1 Å². The van der Waals surface area contributed by atoms with Crippen molar-refractivity contribution in [3.63, 3.8) is 0 Å². The molecular weight excluding hydrogens is 453 g/mol. The van der Waals surface area contributed by atoms with Gasteiger partial charge in [0.05, 0.1) is 18.4 Å². The summed E-state index contributed by atoms with van der Waals surface area (Å²) >= 11 is 0. The minimum atomic E-state index is -0.335. The number of carbonyl (C=O) groups is 2. The number of fused-ring (bicyclic) bond motifs is 1. The van der Waals surface area contributed by atoms with Crippen molar-refractivity contribution in [2.75, 3.05) is 37.7 Å². The summed E-state index contributed by atoms with van der Waals surface area (Å²) in [6.07, 6.45) is 4.57. The molecule has 0 unspecified atom stereocenters. The molecule has 2 aromatic heterocycles. The molecule has 0 aliphatic carbocycles. The standard InChI is InChI=1S/C25H28FN5O4/c1-2-34-25(33)18-6-4-12-31(14-18)24(32)17-5-3-11-30(13-17)22-20-21(16-7-9-19(26)10-8-16)29-35-23(20)28-15-27-22/h7-10,15,17-18H,2-6,11-14H2,1H3/t17-,18-/m1/s1. The SMILES string of the molecule is CCOC(=O)[C@@H]1CCCN(C(=O)[C@@H]2CCCN(c3ncnc4onc(-c5ccc(F)cc5)c34)C2)C1. The molecule has 4 heterocycles. The number of piperidine rings is 2. The van der Waals surface area contributed by atoms with Gasteiger partial charge in [0, 0.05) is 31.7 Å². The van der Waals surface area contributed by atoms with E-state index >= 15 is 0 Å². The largest absolute Gasteiger partial charge is 0.466 e. The van der Waals surface area contributed by atoms with Crippen molar-refractivity contribution < 1.29 is 23.2 Å². The number of hydrogen-bond donors (Lipinski definition) is 0. The zero-order valence-corrected chi connectivity index (χ0v) is 19.7. The Morgan fingerprint density at radius 2 is 1.86 bits per heavy atom. The van der Waals surface area contributed by atoms with Crippen LogP contribution in [0, 0.1) is 17.7 Å². The van der Waals surface area contributed by atoms with Gasteiger partial charge < -0.3 is 19.1 Å². The Morgan fingerprint density at radius 3 is 2.66 bits per heavy atom. The number of nitrogens with zero attached hydrogens (tertiary/aromatic N) is 5. The predicted molar refractivity (Wildman–Crippen MR) is 126 cm³/mol. The van der Waals surface area contributed by atoms with Gasteiger partial charge in [-0.2, -0.15) is 4.98 Å². The number of rotatable bonds is 5. The quantitative estimate of drug-likeness (QED) is 0.511. The van der Waals surface area contributed by atoms with E-state index in [0.29, 0.717) is 54.4 Å². The van der Waals surface area contributed by atoms with Crippen LogP contribution >= 0.6 is 0 Å². The van der Waals surface area contributed by atoms with Crippen LogP contribution in [0.5, 0.6) is 0 Å². The zero-order chi connectivity index (χ0) is 24.4. The first-order chi connectivity index (χ1) is 17.0. The van der Waals surface area contributed by atoms with Gasteiger partial charge in [-0.15, -0.1) is 0 Å². The maximum Gasteiger partial charge on any atom is 0.310 e. The molecule has 0 bridgehead atoms. The number of amides is 1. The number of esters is 1. The number of benzene rings is 1. The Hall–Kier alpha value is -3.56. The smallest absolute Gasteiger partial charge is 0.310 e. The zero-order valence-electron chi connectivity index (χ0n) is 19.7. The number of ether oxygens (including phenoxy) is 1. The highest BCUT2D eigenvalue weighted by atomic mass is 19.1. The van der Waals surface area contributed by atoms with E-state index in [1.54, 1.807) is 19.1 Å². The lowest BCUT2D eigenvalue weighted by atomic mass is 9.93. The Bertz CT molecular complexity index is 1210. The second kappa shape index (κ2) is 9.97. The molecule has 3 aromatic rings. The monoisotopic (exact) mass is 481 g/mol. The fourth-order valence-electron chi connectivity index (χ4n) is 5.08. The summed E-state index contributed by atoms with van der Waals surface area (Å²) in [6, 6.07) is 6.03. The molecule has 184 valence electrons. The molecule has 2 aliphatic heterocycles. The van der Waals surface area contributed by atoms with Gasteiger partial charge in [-0.05, 0) is 56.9 Å². The first kappa shape index (κ1) is 23.2. The highest BCUT2D eigenvalue weighted by Gasteiger charge is 2.35. The lowest BCUT2D eigenvalue weighted by Gasteiger charge is -2.38. The van der Waals surface area contributed by atoms with Gasteiger partial charge in [-0.1, -0.05) is 5.16 Å². The highest BCUT2D eigenvalue weighted by molar-refractivity contribution is 5.98. The van der Waals surface area contributed by atoms with Crippen molar-refractivity contribution in [3.05, 3.63) is 36.4 Å². The van der Waals surface area contributed by atoms with Gasteiger partial charge in [0.1, 0.15) is 29.0 Å². The number of halogens is 1. The van der Waals surface area contributed by atoms with Gasteiger partial charge in [0.25, 0.3) is 5.71 Å². The lowest BCUT2D eigenvalue weighted by molar-refractivity contribution is -0.152. The van der Waals surface area contributed by atoms with E-state index in [2.05, 4.69) is 20.0 Å². The molecule has 1 amide bonds. The molecule has 2 atom stereocenters. The third-order valence-corrected chi connectivity index (χ3v) is 6.79. The third kappa shape index (κ3) is 4.69. The van der Waals surface area contributed by atoms with Crippen molar-refractivity contribution >= 4 is 28.8 Å². The molecule has 9 nitrogen and oxygen atoms in total. The Kier molecular flexibility index (Phi) is 6.61. The molecule has 1 aromatic carbocycles. The number of likely N-dealkylation sites (tertiary alicyclic amines) is 1. The van der Waals surface area contributed by atoms with Gasteiger partial charge >= 0.3 is 5.97 Å². The summed E-state index contributed by atoms with van der Waals surface area (Å²) < 4.78 is 24.1. The van der Waals surface area contributed by atoms with E-state index in [-0.39, 0.29) is 29.5 Å². The van der Waals surface area contributed by atoms with Crippen LogP contribution in [0.4, 0.5) is 10.2 Å². The molecule has 10 heteroatoms. The van der Waals surface area contributed by atoms with Crippen LogP contribution in [0.2, 0.25) is 0 Å². The maximum absolute atomic E-state index is 13.5. The van der Waals surface area contributed by atoms with Gasteiger partial charge in [-0.25, -0.2) is 9.37 Å². The van der Waals surface area contributed by atoms with E-state index in [9.17, 15) is 14.0 Å². The Labute approximate surface area is 202 Å². The maximum atomic E-state index is 13.5. The fraction of sp³-hybridized carbons (Fsp3) is 0.480. The summed E-state index contributed by atoms with van der Waals surface area (Å²) in [5.41, 5.74) is 1.58. The normalized spacial score (nSPS) is 20.7. The predicted octanol–water partition coefficient (Wildman–Crippen LogP) is 3.44. The van der Waals surface area contributed by atoms with Crippen molar-refractivity contribution in [1.29, 1.82) is 0 Å². The fourth-order valence-corrected chi connectivity index (χ4v) is 5.08. The molecule has 0 N–H and O–H groups in total. The molecule has 2 saturated heterocycles.